The topological polar surface area (TPSA) is 81.4 Å². The fourth-order valence-electron chi connectivity index (χ4n) is 2.27. The molecule has 2 aromatic carbocycles. The number of rotatable bonds is 6. The first-order valence-corrected chi connectivity index (χ1v) is 10.1. The molecule has 0 radical (unpaired) electrons. The first-order valence-electron chi connectivity index (χ1n) is 7.87. The van der Waals surface area contributed by atoms with Crippen LogP contribution in [0.2, 0.25) is 0 Å². The van der Waals surface area contributed by atoms with E-state index < -0.39 is 10.0 Å². The van der Waals surface area contributed by atoms with Crippen LogP contribution in [0.4, 0.5) is 5.82 Å². The molecule has 6 nitrogen and oxygen atoms in total. The molecule has 0 amide bonds. The van der Waals surface area contributed by atoms with E-state index in [4.69, 9.17) is 9.26 Å². The van der Waals surface area contributed by atoms with E-state index in [2.05, 4.69) is 25.8 Å². The highest BCUT2D eigenvalue weighted by atomic mass is 79.9. The summed E-state index contributed by atoms with van der Waals surface area (Å²) >= 11 is 3.35. The zero-order chi connectivity index (χ0) is 18.7. The molecule has 0 unspecified atom stereocenters. The van der Waals surface area contributed by atoms with Crippen molar-refractivity contribution in [1.82, 2.24) is 5.16 Å². The van der Waals surface area contributed by atoms with Crippen LogP contribution in [0.25, 0.3) is 11.3 Å². The van der Waals surface area contributed by atoms with Gasteiger partial charge in [0.2, 0.25) is 0 Å². The summed E-state index contributed by atoms with van der Waals surface area (Å²) in [7, 11) is -3.81. The summed E-state index contributed by atoms with van der Waals surface area (Å²) in [5.74, 6) is 1.14. The number of nitrogens with one attached hydrogen (secondary N) is 1. The number of anilines is 1. The first-order chi connectivity index (χ1) is 12.4. The maximum absolute atomic E-state index is 12.6. The van der Waals surface area contributed by atoms with Gasteiger partial charge in [0.05, 0.1) is 11.0 Å². The number of sulfonamides is 1. The van der Waals surface area contributed by atoms with E-state index in [0.717, 1.165) is 5.56 Å². The zero-order valence-electron chi connectivity index (χ0n) is 14.1. The van der Waals surface area contributed by atoms with E-state index in [1.807, 2.05) is 44.2 Å². The van der Waals surface area contributed by atoms with E-state index in [-0.39, 0.29) is 16.8 Å². The average Bonchev–Trinajstić information content (AvgIpc) is 2.96. The number of benzene rings is 2. The van der Waals surface area contributed by atoms with Crippen molar-refractivity contribution in [3.63, 3.8) is 0 Å². The van der Waals surface area contributed by atoms with Gasteiger partial charge in [0, 0.05) is 5.56 Å². The van der Waals surface area contributed by atoms with Crippen molar-refractivity contribution < 1.29 is 17.7 Å². The third-order valence-electron chi connectivity index (χ3n) is 3.41. The van der Waals surface area contributed by atoms with E-state index in [1.54, 1.807) is 12.1 Å². The molecular formula is C18H17BrN2O4S. The second kappa shape index (κ2) is 7.51. The molecule has 1 heterocycles. The zero-order valence-corrected chi connectivity index (χ0v) is 16.5. The molecule has 3 aromatic rings. The second-order valence-corrected chi connectivity index (χ2v) is 8.26. The van der Waals surface area contributed by atoms with E-state index in [1.165, 1.54) is 12.1 Å². The third kappa shape index (κ3) is 4.08. The molecule has 0 saturated carbocycles. The van der Waals surface area contributed by atoms with Crippen LogP contribution in [0.5, 0.6) is 5.75 Å². The van der Waals surface area contributed by atoms with Gasteiger partial charge < -0.3 is 9.26 Å². The average molecular weight is 437 g/mol. The van der Waals surface area contributed by atoms with Crippen LogP contribution in [0.15, 0.2) is 68.5 Å². The summed E-state index contributed by atoms with van der Waals surface area (Å²) in [6.07, 6.45) is 0.0121. The monoisotopic (exact) mass is 436 g/mol. The van der Waals surface area contributed by atoms with Gasteiger partial charge in [-0.1, -0.05) is 35.5 Å². The molecule has 0 spiro atoms. The number of ether oxygens (including phenoxy) is 1. The van der Waals surface area contributed by atoms with Gasteiger partial charge in [-0.15, -0.1) is 0 Å². The fraction of sp³-hybridized carbons (Fsp3) is 0.167. The number of halogens is 1. The minimum Gasteiger partial charge on any atom is -0.491 e. The molecule has 0 fully saturated rings. The lowest BCUT2D eigenvalue weighted by molar-refractivity contribution is 0.242. The van der Waals surface area contributed by atoms with Gasteiger partial charge in [-0.25, -0.2) is 8.42 Å². The Labute approximate surface area is 160 Å². The number of hydrogen-bond acceptors (Lipinski definition) is 5. The molecule has 0 atom stereocenters. The maximum Gasteiger partial charge on any atom is 0.263 e. The normalized spacial score (nSPS) is 11.5. The minimum atomic E-state index is -3.81. The SMILES string of the molecule is CC(C)Oc1ccc(S(=O)(=O)Nc2noc(-c3ccccc3)c2Br)cc1. The van der Waals surface area contributed by atoms with Crippen molar-refractivity contribution in [3.05, 3.63) is 59.1 Å². The van der Waals surface area contributed by atoms with Crippen molar-refractivity contribution in [3.8, 4) is 17.1 Å². The van der Waals surface area contributed by atoms with Crippen molar-refractivity contribution in [2.24, 2.45) is 0 Å². The van der Waals surface area contributed by atoms with Gasteiger partial charge >= 0.3 is 0 Å². The minimum absolute atomic E-state index is 0.0121. The Kier molecular flexibility index (Phi) is 5.33. The van der Waals surface area contributed by atoms with Crippen molar-refractivity contribution in [2.45, 2.75) is 24.8 Å². The lowest BCUT2D eigenvalue weighted by Crippen LogP contribution is -2.13. The predicted octanol–water partition coefficient (Wildman–Crippen LogP) is 4.69. The van der Waals surface area contributed by atoms with Crippen LogP contribution in [-0.2, 0) is 10.0 Å². The summed E-state index contributed by atoms with van der Waals surface area (Å²) in [4.78, 5) is 0.102. The van der Waals surface area contributed by atoms with Gasteiger partial charge in [0.1, 0.15) is 10.2 Å². The lowest BCUT2D eigenvalue weighted by Gasteiger charge is -2.10. The maximum atomic E-state index is 12.6. The van der Waals surface area contributed by atoms with Crippen LogP contribution in [0.1, 0.15) is 13.8 Å². The third-order valence-corrected chi connectivity index (χ3v) is 5.50. The number of hydrogen-bond donors (Lipinski definition) is 1. The lowest BCUT2D eigenvalue weighted by atomic mass is 10.2. The number of nitrogens with zero attached hydrogens (tertiary/aromatic N) is 1. The summed E-state index contributed by atoms with van der Waals surface area (Å²) in [6, 6.07) is 15.5. The summed E-state index contributed by atoms with van der Waals surface area (Å²) in [5, 5.41) is 3.82. The van der Waals surface area contributed by atoms with Gasteiger partial charge in [0.15, 0.2) is 11.6 Å². The van der Waals surface area contributed by atoms with Crippen LogP contribution in [-0.4, -0.2) is 19.7 Å². The molecule has 1 N–H and O–H groups in total. The summed E-state index contributed by atoms with van der Waals surface area (Å²) in [6.45, 7) is 3.80. The van der Waals surface area contributed by atoms with Crippen molar-refractivity contribution in [2.75, 3.05) is 4.72 Å². The molecule has 8 heteroatoms. The molecule has 26 heavy (non-hydrogen) atoms. The molecule has 136 valence electrons. The molecule has 0 saturated heterocycles. The smallest absolute Gasteiger partial charge is 0.263 e. The van der Waals surface area contributed by atoms with E-state index in [0.29, 0.717) is 16.0 Å². The molecule has 0 aliphatic carbocycles. The highest BCUT2D eigenvalue weighted by Crippen LogP contribution is 2.35. The molecule has 0 aliphatic heterocycles. The summed E-state index contributed by atoms with van der Waals surface area (Å²) < 4.78 is 38.8. The van der Waals surface area contributed by atoms with Crippen LogP contribution >= 0.6 is 15.9 Å². The predicted molar refractivity (Wildman–Crippen MR) is 103 cm³/mol. The standard InChI is InChI=1S/C18H17BrN2O4S/c1-12(2)24-14-8-10-15(11-9-14)26(22,23)21-18-16(19)17(25-20-18)13-6-4-3-5-7-13/h3-12H,1-2H3,(H,20,21). The van der Waals surface area contributed by atoms with Crippen molar-refractivity contribution >= 4 is 31.8 Å². The Balaban J connectivity index is 1.83. The molecule has 3 rings (SSSR count). The second-order valence-electron chi connectivity index (χ2n) is 5.78. The molecule has 0 bridgehead atoms. The quantitative estimate of drug-likeness (QED) is 0.605. The van der Waals surface area contributed by atoms with E-state index >= 15 is 0 Å². The Bertz CT molecular complexity index is 984. The number of aromatic nitrogens is 1. The Morgan fingerprint density at radius 1 is 1.08 bits per heavy atom. The summed E-state index contributed by atoms with van der Waals surface area (Å²) in [5.41, 5.74) is 0.785. The van der Waals surface area contributed by atoms with Gasteiger partial charge in [-0.2, -0.15) is 0 Å². The largest absolute Gasteiger partial charge is 0.491 e. The Morgan fingerprint density at radius 3 is 2.35 bits per heavy atom. The first kappa shape index (κ1) is 18.5. The molecule has 1 aromatic heterocycles. The molecule has 0 aliphatic rings. The van der Waals surface area contributed by atoms with Gasteiger partial charge in [0.25, 0.3) is 10.0 Å². The van der Waals surface area contributed by atoms with Crippen LogP contribution in [0, 0.1) is 0 Å². The fourth-order valence-corrected chi connectivity index (χ4v) is 3.88. The van der Waals surface area contributed by atoms with E-state index in [9.17, 15) is 8.42 Å². The van der Waals surface area contributed by atoms with Gasteiger partial charge in [-0.05, 0) is 54.0 Å². The highest BCUT2D eigenvalue weighted by molar-refractivity contribution is 9.10. The van der Waals surface area contributed by atoms with Crippen LogP contribution in [0.3, 0.4) is 0 Å². The Hall–Kier alpha value is -2.32. The van der Waals surface area contributed by atoms with Crippen LogP contribution < -0.4 is 9.46 Å². The van der Waals surface area contributed by atoms with Crippen molar-refractivity contribution in [1.29, 1.82) is 0 Å². The Morgan fingerprint density at radius 2 is 1.73 bits per heavy atom. The molecular weight excluding hydrogens is 420 g/mol. The van der Waals surface area contributed by atoms with Gasteiger partial charge in [-0.3, -0.25) is 4.72 Å². The highest BCUT2D eigenvalue weighted by Gasteiger charge is 2.21.